The van der Waals surface area contributed by atoms with Crippen molar-refractivity contribution in [1.29, 1.82) is 0 Å². The molecule has 0 spiro atoms. The number of hydrogen-bond donors (Lipinski definition) is 1. The van der Waals surface area contributed by atoms with Crippen LogP contribution in [0.3, 0.4) is 0 Å². The third-order valence-corrected chi connectivity index (χ3v) is 4.40. The lowest BCUT2D eigenvalue weighted by molar-refractivity contribution is 0.242. The Morgan fingerprint density at radius 2 is 2.11 bits per heavy atom. The quantitative estimate of drug-likeness (QED) is 0.917. The molecule has 1 aliphatic rings. The molecular weight excluding hydrogens is 311 g/mol. The van der Waals surface area contributed by atoms with Crippen LogP contribution in [0.15, 0.2) is 10.5 Å². The highest BCUT2D eigenvalue weighted by molar-refractivity contribution is 9.10. The van der Waals surface area contributed by atoms with E-state index in [1.807, 2.05) is 6.92 Å². The Labute approximate surface area is 122 Å². The third-order valence-electron chi connectivity index (χ3n) is 3.54. The zero-order chi connectivity index (χ0) is 13.8. The van der Waals surface area contributed by atoms with Gasteiger partial charge in [0.2, 0.25) is 0 Å². The topological polar surface area (TPSA) is 24.5 Å². The number of piperazine rings is 1. The van der Waals surface area contributed by atoms with Gasteiger partial charge in [-0.2, -0.15) is 0 Å². The minimum Gasteiger partial charge on any atom is -0.496 e. The second-order valence-corrected chi connectivity index (χ2v) is 5.64. The van der Waals surface area contributed by atoms with Crippen molar-refractivity contribution in [2.45, 2.75) is 13.3 Å². The number of aryl methyl sites for hydroxylation is 1. The lowest BCUT2D eigenvalue weighted by Gasteiger charge is -2.27. The molecule has 0 unspecified atom stereocenters. The first kappa shape index (κ1) is 14.8. The smallest absolute Gasteiger partial charge is 0.138 e. The van der Waals surface area contributed by atoms with Crippen LogP contribution in [0.4, 0.5) is 4.39 Å². The number of nitrogens with zero attached hydrogens (tertiary/aromatic N) is 1. The first-order valence-corrected chi connectivity index (χ1v) is 7.37. The average molecular weight is 331 g/mol. The van der Waals surface area contributed by atoms with Crippen molar-refractivity contribution < 1.29 is 9.13 Å². The molecule has 1 fully saturated rings. The zero-order valence-electron chi connectivity index (χ0n) is 11.4. The van der Waals surface area contributed by atoms with E-state index in [9.17, 15) is 4.39 Å². The van der Waals surface area contributed by atoms with Gasteiger partial charge in [-0.05, 0) is 40.9 Å². The summed E-state index contributed by atoms with van der Waals surface area (Å²) in [4.78, 5) is 2.39. The summed E-state index contributed by atoms with van der Waals surface area (Å²) in [7, 11) is 1.64. The number of nitrogens with one attached hydrogen (secondary N) is 1. The van der Waals surface area contributed by atoms with Crippen LogP contribution in [0.25, 0.3) is 0 Å². The Bertz CT molecular complexity index is 448. The maximum absolute atomic E-state index is 13.8. The van der Waals surface area contributed by atoms with E-state index < -0.39 is 0 Å². The summed E-state index contributed by atoms with van der Waals surface area (Å²) in [6.07, 6.45) is 0.794. The number of hydrogen-bond acceptors (Lipinski definition) is 3. The van der Waals surface area contributed by atoms with Gasteiger partial charge in [-0.25, -0.2) is 4.39 Å². The van der Waals surface area contributed by atoms with Gasteiger partial charge in [0.15, 0.2) is 0 Å². The second-order valence-electron chi connectivity index (χ2n) is 4.84. The molecule has 19 heavy (non-hydrogen) atoms. The molecule has 1 saturated heterocycles. The van der Waals surface area contributed by atoms with Crippen molar-refractivity contribution >= 4 is 15.9 Å². The van der Waals surface area contributed by atoms with Crippen LogP contribution in [0.5, 0.6) is 5.75 Å². The van der Waals surface area contributed by atoms with Crippen molar-refractivity contribution in [3.05, 3.63) is 27.5 Å². The van der Waals surface area contributed by atoms with Gasteiger partial charge in [0, 0.05) is 38.3 Å². The molecule has 1 heterocycles. The first-order chi connectivity index (χ1) is 9.13. The second kappa shape index (κ2) is 6.68. The molecule has 0 aliphatic carbocycles. The van der Waals surface area contributed by atoms with Crippen LogP contribution < -0.4 is 10.1 Å². The molecule has 0 radical (unpaired) electrons. The number of rotatable bonds is 4. The Balaban J connectivity index is 2.13. The van der Waals surface area contributed by atoms with Gasteiger partial charge in [0.25, 0.3) is 0 Å². The summed E-state index contributed by atoms with van der Waals surface area (Å²) < 4.78 is 19.8. The molecule has 0 amide bonds. The maximum atomic E-state index is 13.8. The number of benzene rings is 1. The molecule has 1 aromatic carbocycles. The monoisotopic (exact) mass is 330 g/mol. The molecule has 0 atom stereocenters. The van der Waals surface area contributed by atoms with Crippen LogP contribution in [0, 0.1) is 12.7 Å². The normalized spacial score (nSPS) is 16.6. The van der Waals surface area contributed by atoms with Crippen LogP contribution in [-0.2, 0) is 6.42 Å². The van der Waals surface area contributed by atoms with Crippen molar-refractivity contribution in [2.75, 3.05) is 39.8 Å². The number of ether oxygens (including phenoxy) is 1. The van der Waals surface area contributed by atoms with E-state index in [-0.39, 0.29) is 5.82 Å². The Hall–Kier alpha value is -0.650. The van der Waals surface area contributed by atoms with E-state index in [1.165, 1.54) is 6.07 Å². The minimum atomic E-state index is -0.214. The van der Waals surface area contributed by atoms with Crippen LogP contribution in [-0.4, -0.2) is 44.7 Å². The largest absolute Gasteiger partial charge is 0.496 e. The fourth-order valence-corrected chi connectivity index (χ4v) is 3.01. The Morgan fingerprint density at radius 1 is 1.42 bits per heavy atom. The standard InChI is InChI=1S/C14H20BrFN2O/c1-10-9-12(16)13(15)11(14(10)19-2)3-6-18-7-4-17-5-8-18/h9,17H,3-8H2,1-2H3. The van der Waals surface area contributed by atoms with Gasteiger partial charge in [-0.1, -0.05) is 0 Å². The van der Waals surface area contributed by atoms with Gasteiger partial charge in [-0.3, -0.25) is 0 Å². The summed E-state index contributed by atoms with van der Waals surface area (Å²) in [6.45, 7) is 6.96. The van der Waals surface area contributed by atoms with Crippen molar-refractivity contribution in [3.63, 3.8) is 0 Å². The number of methoxy groups -OCH3 is 1. The summed E-state index contributed by atoms with van der Waals surface area (Å²) in [5, 5.41) is 3.33. The van der Waals surface area contributed by atoms with Crippen molar-refractivity contribution in [2.24, 2.45) is 0 Å². The fraction of sp³-hybridized carbons (Fsp3) is 0.571. The highest BCUT2D eigenvalue weighted by atomic mass is 79.9. The molecule has 0 aromatic heterocycles. The van der Waals surface area contributed by atoms with Crippen molar-refractivity contribution in [3.8, 4) is 5.75 Å². The number of halogens is 2. The minimum absolute atomic E-state index is 0.214. The first-order valence-electron chi connectivity index (χ1n) is 6.58. The summed E-state index contributed by atoms with van der Waals surface area (Å²) >= 11 is 3.35. The predicted molar refractivity (Wildman–Crippen MR) is 78.4 cm³/mol. The van der Waals surface area contributed by atoms with E-state index >= 15 is 0 Å². The lowest BCUT2D eigenvalue weighted by atomic mass is 10.1. The fourth-order valence-electron chi connectivity index (χ4n) is 2.51. The van der Waals surface area contributed by atoms with Crippen LogP contribution in [0.2, 0.25) is 0 Å². The lowest BCUT2D eigenvalue weighted by Crippen LogP contribution is -2.44. The average Bonchev–Trinajstić information content (AvgIpc) is 2.42. The van der Waals surface area contributed by atoms with E-state index in [0.29, 0.717) is 4.47 Å². The van der Waals surface area contributed by atoms with Gasteiger partial charge >= 0.3 is 0 Å². The van der Waals surface area contributed by atoms with E-state index in [2.05, 4.69) is 26.1 Å². The van der Waals surface area contributed by atoms with E-state index in [1.54, 1.807) is 7.11 Å². The molecule has 0 saturated carbocycles. The molecular formula is C14H20BrFN2O. The highest BCUT2D eigenvalue weighted by Gasteiger charge is 2.17. The maximum Gasteiger partial charge on any atom is 0.138 e. The SMILES string of the molecule is COc1c(C)cc(F)c(Br)c1CCN1CCNCC1. The zero-order valence-corrected chi connectivity index (χ0v) is 13.0. The third kappa shape index (κ3) is 3.46. The Morgan fingerprint density at radius 3 is 2.74 bits per heavy atom. The summed E-state index contributed by atoms with van der Waals surface area (Å²) in [5.41, 5.74) is 1.78. The van der Waals surface area contributed by atoms with Crippen LogP contribution >= 0.6 is 15.9 Å². The molecule has 3 nitrogen and oxygen atoms in total. The van der Waals surface area contributed by atoms with E-state index in [4.69, 9.17) is 4.74 Å². The van der Waals surface area contributed by atoms with Crippen molar-refractivity contribution in [1.82, 2.24) is 10.2 Å². The Kier molecular flexibility index (Phi) is 5.19. The van der Waals surface area contributed by atoms with Gasteiger partial charge < -0.3 is 15.0 Å². The van der Waals surface area contributed by atoms with Gasteiger partial charge in [-0.15, -0.1) is 0 Å². The molecule has 5 heteroatoms. The molecule has 1 N–H and O–H groups in total. The molecule has 2 rings (SSSR count). The van der Waals surface area contributed by atoms with Gasteiger partial charge in [0.1, 0.15) is 11.6 Å². The van der Waals surface area contributed by atoms with E-state index in [0.717, 1.165) is 56.0 Å². The van der Waals surface area contributed by atoms with Crippen LogP contribution in [0.1, 0.15) is 11.1 Å². The summed E-state index contributed by atoms with van der Waals surface area (Å²) in [5.74, 6) is 0.581. The summed E-state index contributed by atoms with van der Waals surface area (Å²) in [6, 6.07) is 1.51. The predicted octanol–water partition coefficient (Wildman–Crippen LogP) is 2.35. The molecule has 0 bridgehead atoms. The highest BCUT2D eigenvalue weighted by Crippen LogP contribution is 2.33. The molecule has 1 aliphatic heterocycles. The van der Waals surface area contributed by atoms with Gasteiger partial charge in [0.05, 0.1) is 11.6 Å². The molecule has 1 aromatic rings. The molecule has 106 valence electrons.